The van der Waals surface area contributed by atoms with Gasteiger partial charge < -0.3 is 9.72 Å². The van der Waals surface area contributed by atoms with Crippen molar-refractivity contribution in [3.05, 3.63) is 42.1 Å². The van der Waals surface area contributed by atoms with Crippen molar-refractivity contribution in [2.24, 2.45) is 0 Å². The zero-order valence-corrected chi connectivity index (χ0v) is 12.5. The Morgan fingerprint density at radius 3 is 3.00 bits per heavy atom. The lowest BCUT2D eigenvalue weighted by molar-refractivity contribution is -0.0494. The van der Waals surface area contributed by atoms with E-state index in [0.29, 0.717) is 12.6 Å². The van der Waals surface area contributed by atoms with Crippen LogP contribution in [0.15, 0.2) is 30.5 Å². The predicted molar refractivity (Wildman–Crippen MR) is 81.9 cm³/mol. The summed E-state index contributed by atoms with van der Waals surface area (Å²) in [4.78, 5) is 10.4. The molecule has 1 saturated carbocycles. The lowest BCUT2D eigenvalue weighted by atomic mass is 9.90. The Bertz CT molecular complexity index is 653. The first-order valence-corrected chi connectivity index (χ1v) is 7.95. The van der Waals surface area contributed by atoms with Crippen LogP contribution in [-0.4, -0.2) is 40.7 Å². The largest absolute Gasteiger partial charge is 0.378 e. The second kappa shape index (κ2) is 5.82. The van der Waals surface area contributed by atoms with Crippen LogP contribution in [0.2, 0.25) is 0 Å². The van der Waals surface area contributed by atoms with E-state index in [2.05, 4.69) is 14.9 Å². The number of morpholine rings is 1. The zero-order valence-electron chi connectivity index (χ0n) is 12.5. The lowest BCUT2D eigenvalue weighted by Crippen LogP contribution is -2.48. The van der Waals surface area contributed by atoms with Gasteiger partial charge >= 0.3 is 0 Å². The number of aromatic amines is 1. The van der Waals surface area contributed by atoms with E-state index in [1.807, 2.05) is 6.07 Å². The molecule has 1 atom stereocenters. The molecule has 0 bridgehead atoms. The molecule has 1 aromatic heterocycles. The molecule has 2 aromatic rings. The van der Waals surface area contributed by atoms with Crippen molar-refractivity contribution in [2.45, 2.75) is 31.3 Å². The van der Waals surface area contributed by atoms with Gasteiger partial charge in [-0.05, 0) is 25.0 Å². The molecule has 0 radical (unpaired) electrons. The minimum Gasteiger partial charge on any atom is -0.378 e. The third-order valence-electron chi connectivity index (χ3n) is 4.76. The van der Waals surface area contributed by atoms with Gasteiger partial charge in [-0.1, -0.05) is 18.6 Å². The number of aromatic nitrogens is 2. The number of imidazole rings is 1. The first kappa shape index (κ1) is 13.9. The fourth-order valence-corrected chi connectivity index (χ4v) is 3.32. The molecule has 1 aliphatic carbocycles. The van der Waals surface area contributed by atoms with Crippen LogP contribution >= 0.6 is 0 Å². The van der Waals surface area contributed by atoms with Gasteiger partial charge in [0, 0.05) is 18.2 Å². The molecule has 2 heterocycles. The van der Waals surface area contributed by atoms with Gasteiger partial charge in [-0.3, -0.25) is 4.90 Å². The first-order chi connectivity index (χ1) is 10.8. The first-order valence-electron chi connectivity index (χ1n) is 7.95. The van der Waals surface area contributed by atoms with E-state index >= 15 is 0 Å². The summed E-state index contributed by atoms with van der Waals surface area (Å²) in [5, 5.41) is 0. The Balaban J connectivity index is 1.59. The number of H-pyrrole nitrogens is 1. The van der Waals surface area contributed by atoms with E-state index < -0.39 is 0 Å². The SMILES string of the molecule is Fc1cccc(-c2cnc([C@@H]3COCCN3C3CCC3)[nH]2)c1. The summed E-state index contributed by atoms with van der Waals surface area (Å²) >= 11 is 0. The van der Waals surface area contributed by atoms with Crippen LogP contribution in [-0.2, 0) is 4.74 Å². The molecule has 1 aromatic carbocycles. The van der Waals surface area contributed by atoms with Crippen LogP contribution in [0, 0.1) is 5.82 Å². The predicted octanol–water partition coefficient (Wildman–Crippen LogP) is 3.14. The van der Waals surface area contributed by atoms with Gasteiger partial charge in [0.1, 0.15) is 11.6 Å². The van der Waals surface area contributed by atoms with Crippen molar-refractivity contribution in [3.63, 3.8) is 0 Å². The van der Waals surface area contributed by atoms with Gasteiger partial charge in [0.25, 0.3) is 0 Å². The van der Waals surface area contributed by atoms with Gasteiger partial charge in [0.15, 0.2) is 0 Å². The van der Waals surface area contributed by atoms with E-state index in [9.17, 15) is 4.39 Å². The van der Waals surface area contributed by atoms with E-state index in [4.69, 9.17) is 4.74 Å². The number of ether oxygens (including phenoxy) is 1. The lowest BCUT2D eigenvalue weighted by Gasteiger charge is -2.44. The Hall–Kier alpha value is -1.72. The molecule has 1 N–H and O–H groups in total. The Morgan fingerprint density at radius 2 is 2.23 bits per heavy atom. The van der Waals surface area contributed by atoms with Crippen LogP contribution in [0.25, 0.3) is 11.3 Å². The fraction of sp³-hybridized carbons (Fsp3) is 0.471. The van der Waals surface area contributed by atoms with E-state index in [-0.39, 0.29) is 11.9 Å². The number of nitrogens with one attached hydrogen (secondary N) is 1. The van der Waals surface area contributed by atoms with Gasteiger partial charge in [-0.25, -0.2) is 9.37 Å². The summed E-state index contributed by atoms with van der Waals surface area (Å²) in [7, 11) is 0. The molecule has 0 amide bonds. The second-order valence-electron chi connectivity index (χ2n) is 6.11. The summed E-state index contributed by atoms with van der Waals surface area (Å²) in [6.07, 6.45) is 5.65. The van der Waals surface area contributed by atoms with Gasteiger partial charge in [0.2, 0.25) is 0 Å². The molecule has 1 saturated heterocycles. The monoisotopic (exact) mass is 301 g/mol. The minimum atomic E-state index is -0.231. The van der Waals surface area contributed by atoms with Crippen LogP contribution in [0.1, 0.15) is 31.1 Å². The summed E-state index contributed by atoms with van der Waals surface area (Å²) in [6, 6.07) is 7.43. The standard InChI is InChI=1S/C17H20FN3O/c18-13-4-1-3-12(9-13)15-10-19-17(20-15)16-11-22-8-7-21(16)14-5-2-6-14/h1,3-4,9-10,14,16H,2,5-8,11H2,(H,19,20)/t16-/m0/s1. The Kier molecular flexibility index (Phi) is 3.68. The topological polar surface area (TPSA) is 41.1 Å². The van der Waals surface area contributed by atoms with Crippen molar-refractivity contribution in [1.82, 2.24) is 14.9 Å². The number of benzene rings is 1. The third-order valence-corrected chi connectivity index (χ3v) is 4.76. The minimum absolute atomic E-state index is 0.182. The number of nitrogens with zero attached hydrogens (tertiary/aromatic N) is 2. The van der Waals surface area contributed by atoms with Gasteiger partial charge in [-0.2, -0.15) is 0 Å². The zero-order chi connectivity index (χ0) is 14.9. The molecule has 4 nitrogen and oxygen atoms in total. The molecular formula is C17H20FN3O. The van der Waals surface area contributed by atoms with Crippen LogP contribution < -0.4 is 0 Å². The van der Waals surface area contributed by atoms with E-state index in [1.165, 1.54) is 31.4 Å². The van der Waals surface area contributed by atoms with Crippen molar-refractivity contribution in [2.75, 3.05) is 19.8 Å². The van der Waals surface area contributed by atoms with Gasteiger partial charge in [-0.15, -0.1) is 0 Å². The highest BCUT2D eigenvalue weighted by molar-refractivity contribution is 5.58. The Labute approximate surface area is 129 Å². The molecule has 2 fully saturated rings. The van der Waals surface area contributed by atoms with Crippen LogP contribution in [0.5, 0.6) is 0 Å². The normalized spacial score (nSPS) is 23.4. The van der Waals surface area contributed by atoms with Crippen molar-refractivity contribution < 1.29 is 9.13 Å². The van der Waals surface area contributed by atoms with Crippen molar-refractivity contribution in [1.29, 1.82) is 0 Å². The highest BCUT2D eigenvalue weighted by atomic mass is 19.1. The van der Waals surface area contributed by atoms with E-state index in [1.54, 1.807) is 12.3 Å². The second-order valence-corrected chi connectivity index (χ2v) is 6.11. The maximum Gasteiger partial charge on any atom is 0.126 e. The van der Waals surface area contributed by atoms with Crippen LogP contribution in [0.3, 0.4) is 0 Å². The summed E-state index contributed by atoms with van der Waals surface area (Å²) in [6.45, 7) is 2.43. The highest BCUT2D eigenvalue weighted by Crippen LogP contribution is 2.33. The number of hydrogen-bond donors (Lipinski definition) is 1. The number of halogens is 1. The molecule has 0 unspecified atom stereocenters. The molecule has 116 valence electrons. The van der Waals surface area contributed by atoms with Crippen molar-refractivity contribution in [3.8, 4) is 11.3 Å². The maximum atomic E-state index is 13.4. The molecule has 5 heteroatoms. The highest BCUT2D eigenvalue weighted by Gasteiger charge is 2.34. The number of hydrogen-bond acceptors (Lipinski definition) is 3. The average Bonchev–Trinajstić information content (AvgIpc) is 2.96. The maximum absolute atomic E-state index is 13.4. The average molecular weight is 301 g/mol. The summed E-state index contributed by atoms with van der Waals surface area (Å²) < 4.78 is 19.0. The molecule has 0 spiro atoms. The Morgan fingerprint density at radius 1 is 1.32 bits per heavy atom. The van der Waals surface area contributed by atoms with Gasteiger partial charge in [0.05, 0.1) is 31.1 Å². The fourth-order valence-electron chi connectivity index (χ4n) is 3.32. The molecule has 22 heavy (non-hydrogen) atoms. The molecule has 4 rings (SSSR count). The summed E-state index contributed by atoms with van der Waals surface area (Å²) in [5.41, 5.74) is 1.68. The molecular weight excluding hydrogens is 281 g/mol. The summed E-state index contributed by atoms with van der Waals surface area (Å²) in [5.74, 6) is 0.691. The quantitative estimate of drug-likeness (QED) is 0.947. The smallest absolute Gasteiger partial charge is 0.126 e. The molecule has 1 aliphatic heterocycles. The third kappa shape index (κ3) is 2.55. The molecule has 2 aliphatic rings. The van der Waals surface area contributed by atoms with E-state index in [0.717, 1.165) is 30.2 Å². The number of rotatable bonds is 3. The van der Waals surface area contributed by atoms with Crippen molar-refractivity contribution >= 4 is 0 Å². The van der Waals surface area contributed by atoms with Crippen LogP contribution in [0.4, 0.5) is 4.39 Å².